The van der Waals surface area contributed by atoms with Gasteiger partial charge in [-0.3, -0.25) is 0 Å². The molecule has 5 nitrogen and oxygen atoms in total. The van der Waals surface area contributed by atoms with E-state index in [1.54, 1.807) is 14.2 Å². The fraction of sp³-hybridized carbons (Fsp3) is 0.222. The molecule has 0 fully saturated rings. The summed E-state index contributed by atoms with van der Waals surface area (Å²) >= 11 is 0. The van der Waals surface area contributed by atoms with Gasteiger partial charge in [-0.05, 0) is 34.9 Å². The molecule has 0 aliphatic carbocycles. The number of aliphatic hydroxyl groups is 2. The summed E-state index contributed by atoms with van der Waals surface area (Å²) in [6.45, 7) is -0.327. The summed E-state index contributed by atoms with van der Waals surface area (Å²) < 4.78 is 10.5. The fourth-order valence-corrected chi connectivity index (χ4v) is 2.42. The minimum absolute atomic E-state index is 0. The molecule has 5 N–H and O–H groups in total. The van der Waals surface area contributed by atoms with Crippen molar-refractivity contribution < 1.29 is 25.4 Å². The molecule has 0 saturated heterocycles. The van der Waals surface area contributed by atoms with E-state index >= 15 is 0 Å². The van der Waals surface area contributed by atoms with Crippen molar-refractivity contribution in [3.8, 4) is 11.5 Å². The van der Waals surface area contributed by atoms with E-state index < -0.39 is 0 Å². The number of aliphatic hydroxyl groups excluding tert-OH is 2. The Labute approximate surface area is 143 Å². The zero-order valence-electron chi connectivity index (χ0n) is 13.4. The molecule has 0 unspecified atom stereocenters. The number of rotatable bonds is 6. The van der Waals surface area contributed by atoms with Crippen molar-refractivity contribution in [1.29, 1.82) is 0 Å². The van der Waals surface area contributed by atoms with Gasteiger partial charge in [0.1, 0.15) is 5.75 Å². The Bertz CT molecular complexity index is 691. The highest BCUT2D eigenvalue weighted by atomic mass is 16.5. The van der Waals surface area contributed by atoms with Crippen LogP contribution in [0.25, 0.3) is 12.2 Å². The highest BCUT2D eigenvalue weighted by molar-refractivity contribution is 5.75. The smallest absolute Gasteiger partial charge is 0.179 e. The van der Waals surface area contributed by atoms with Crippen molar-refractivity contribution in [2.24, 2.45) is 0 Å². The molecule has 0 spiro atoms. The predicted molar refractivity (Wildman–Crippen MR) is 101 cm³/mol. The zero-order chi connectivity index (χ0) is 16.8. The van der Waals surface area contributed by atoms with Gasteiger partial charge in [0.2, 0.25) is 0 Å². The van der Waals surface area contributed by atoms with Crippen LogP contribution in [-0.2, 0) is 13.2 Å². The lowest BCUT2D eigenvalue weighted by atomic mass is 10.0. The molecule has 0 aromatic heterocycles. The summed E-state index contributed by atoms with van der Waals surface area (Å²) in [7, 11) is 3.16. The molecule has 0 saturated carbocycles. The van der Waals surface area contributed by atoms with Crippen LogP contribution in [0.15, 0.2) is 30.3 Å². The van der Waals surface area contributed by atoms with Crippen molar-refractivity contribution >= 4 is 26.3 Å². The van der Waals surface area contributed by atoms with Gasteiger partial charge in [-0.1, -0.05) is 26.6 Å². The fourth-order valence-electron chi connectivity index (χ4n) is 2.42. The largest absolute Gasteiger partial charge is 0.496 e. The lowest BCUT2D eigenvalue weighted by Gasteiger charge is -2.12. The van der Waals surface area contributed by atoms with Gasteiger partial charge in [-0.2, -0.15) is 0 Å². The van der Waals surface area contributed by atoms with E-state index in [-0.39, 0.29) is 21.6 Å². The number of hydrogen-bond donors (Lipinski definition) is 3. The first-order valence-electron chi connectivity index (χ1n) is 7.22. The average Bonchev–Trinajstić information content (AvgIpc) is 2.58. The van der Waals surface area contributed by atoms with Crippen LogP contribution in [0.2, 0.25) is 0 Å². The van der Waals surface area contributed by atoms with Gasteiger partial charge in [0.15, 0.2) is 11.4 Å². The predicted octanol–water partition coefficient (Wildman–Crippen LogP) is 0.281. The number of quaternary nitrogens is 1. The third-order valence-electron chi connectivity index (χ3n) is 3.64. The van der Waals surface area contributed by atoms with E-state index in [4.69, 9.17) is 9.47 Å². The SMILES string of the molecule is COc1ccc(C=Cc2cc(CO)c(CO)c(OC)c2)cc1[NH3+].[BH4-]. The van der Waals surface area contributed by atoms with E-state index in [1.807, 2.05) is 42.5 Å². The first-order valence-corrected chi connectivity index (χ1v) is 7.22. The van der Waals surface area contributed by atoms with Crippen LogP contribution in [-0.4, -0.2) is 32.8 Å². The van der Waals surface area contributed by atoms with Gasteiger partial charge in [-0.15, -0.1) is 0 Å². The van der Waals surface area contributed by atoms with E-state index in [1.165, 1.54) is 0 Å². The summed E-state index contributed by atoms with van der Waals surface area (Å²) in [6.07, 6.45) is 3.87. The van der Waals surface area contributed by atoms with Crippen molar-refractivity contribution in [3.05, 3.63) is 52.6 Å². The molecule has 6 heteroatoms. The third kappa shape index (κ3) is 4.38. The lowest BCUT2D eigenvalue weighted by Crippen LogP contribution is -2.40. The second-order valence-electron chi connectivity index (χ2n) is 5.08. The molecule has 24 heavy (non-hydrogen) atoms. The molecule has 0 heterocycles. The highest BCUT2D eigenvalue weighted by Gasteiger charge is 2.09. The van der Waals surface area contributed by atoms with Crippen molar-refractivity contribution in [1.82, 2.24) is 0 Å². The minimum Gasteiger partial charge on any atom is -0.496 e. The molecular formula is C18H26BNO4. The van der Waals surface area contributed by atoms with Crippen LogP contribution >= 0.6 is 0 Å². The van der Waals surface area contributed by atoms with Crippen LogP contribution in [0.3, 0.4) is 0 Å². The first-order chi connectivity index (χ1) is 11.1. The second kappa shape index (κ2) is 9.13. The number of methoxy groups -OCH3 is 2. The van der Waals surface area contributed by atoms with Gasteiger partial charge >= 0.3 is 0 Å². The van der Waals surface area contributed by atoms with Crippen LogP contribution in [0.4, 0.5) is 5.69 Å². The maximum atomic E-state index is 9.46. The Morgan fingerprint density at radius 3 is 2.12 bits per heavy atom. The maximum Gasteiger partial charge on any atom is 0.179 e. The normalized spacial score (nSPS) is 10.5. The molecule has 0 bridgehead atoms. The molecule has 2 aromatic carbocycles. The Morgan fingerprint density at radius 2 is 1.58 bits per heavy atom. The first kappa shape index (κ1) is 19.8. The van der Waals surface area contributed by atoms with Crippen LogP contribution in [0.5, 0.6) is 11.5 Å². The van der Waals surface area contributed by atoms with Crippen LogP contribution in [0, 0.1) is 0 Å². The summed E-state index contributed by atoms with van der Waals surface area (Å²) in [5.74, 6) is 1.31. The second-order valence-corrected chi connectivity index (χ2v) is 5.08. The van der Waals surface area contributed by atoms with Gasteiger partial charge in [0, 0.05) is 11.6 Å². The summed E-state index contributed by atoms with van der Waals surface area (Å²) in [5.41, 5.74) is 7.89. The average molecular weight is 331 g/mol. The van der Waals surface area contributed by atoms with Gasteiger partial charge < -0.3 is 25.4 Å². The Balaban J connectivity index is 0.00000288. The molecule has 0 radical (unpaired) electrons. The van der Waals surface area contributed by atoms with E-state index in [9.17, 15) is 10.2 Å². The van der Waals surface area contributed by atoms with Crippen LogP contribution in [0.1, 0.15) is 22.3 Å². The topological polar surface area (TPSA) is 86.6 Å². The summed E-state index contributed by atoms with van der Waals surface area (Å²) in [6, 6.07) is 9.41. The van der Waals surface area contributed by atoms with Crippen molar-refractivity contribution in [2.45, 2.75) is 13.2 Å². The Kier molecular flexibility index (Phi) is 7.52. The van der Waals surface area contributed by atoms with Gasteiger partial charge in [0.05, 0.1) is 27.4 Å². The van der Waals surface area contributed by atoms with E-state index in [0.717, 1.165) is 22.6 Å². The molecule has 0 aliphatic heterocycles. The monoisotopic (exact) mass is 331 g/mol. The molecule has 2 aromatic rings. The zero-order valence-corrected chi connectivity index (χ0v) is 13.4. The van der Waals surface area contributed by atoms with Gasteiger partial charge in [-0.25, -0.2) is 0 Å². The number of benzene rings is 2. The quantitative estimate of drug-likeness (QED) is 0.524. The van der Waals surface area contributed by atoms with E-state index in [2.05, 4.69) is 5.73 Å². The lowest BCUT2D eigenvalue weighted by molar-refractivity contribution is -0.256. The molecule has 0 aliphatic rings. The number of hydrogen-bond acceptors (Lipinski definition) is 4. The number of ether oxygens (including phenoxy) is 2. The minimum atomic E-state index is -0.174. The Hall–Kier alpha value is -2.28. The maximum absolute atomic E-state index is 9.46. The van der Waals surface area contributed by atoms with Gasteiger partial charge in [0.25, 0.3) is 0 Å². The standard InChI is InChI=1S/C18H21NO4.BH4/c1-22-17-6-5-12(8-16(17)19)3-4-13-7-14(10-20)15(11-21)18(9-13)23-2;/h3-9,20-21H,10-11,19H2,1-2H3;1H4/q;-1/p+1. The molecular weight excluding hydrogens is 305 g/mol. The molecule has 130 valence electrons. The molecule has 0 amide bonds. The molecule has 2 rings (SSSR count). The van der Waals surface area contributed by atoms with Crippen LogP contribution < -0.4 is 15.2 Å². The third-order valence-corrected chi connectivity index (χ3v) is 3.64. The van der Waals surface area contributed by atoms with E-state index in [0.29, 0.717) is 16.9 Å². The van der Waals surface area contributed by atoms with Crippen molar-refractivity contribution in [2.75, 3.05) is 14.2 Å². The highest BCUT2D eigenvalue weighted by Crippen LogP contribution is 2.27. The Morgan fingerprint density at radius 1 is 0.917 bits per heavy atom. The van der Waals surface area contributed by atoms with Crippen molar-refractivity contribution in [3.63, 3.8) is 0 Å². The summed E-state index contributed by atoms with van der Waals surface area (Å²) in [4.78, 5) is 0. The molecule has 0 atom stereocenters. The summed E-state index contributed by atoms with van der Waals surface area (Å²) in [5, 5.41) is 18.9.